The number of halogens is 1. The van der Waals surface area contributed by atoms with Gasteiger partial charge in [0.25, 0.3) is 5.91 Å². The summed E-state index contributed by atoms with van der Waals surface area (Å²) in [6.45, 7) is 0.220. The molecule has 1 amide bonds. The maximum absolute atomic E-state index is 13.0. The van der Waals surface area contributed by atoms with E-state index in [1.165, 1.54) is 24.3 Å². The monoisotopic (exact) mass is 424 g/mol. The number of amides is 1. The Labute approximate surface area is 172 Å². The van der Waals surface area contributed by atoms with Crippen molar-refractivity contribution in [2.45, 2.75) is 11.4 Å². The number of nitrogens with one attached hydrogen (secondary N) is 1. The molecule has 1 N–H and O–H groups in total. The van der Waals surface area contributed by atoms with E-state index >= 15 is 0 Å². The SMILES string of the molecule is C[S+](=O)([O-])c1ccc(-c2nc(C(=O)NCc3ccc(F)cc3)n3ccncc23)cc1. The lowest BCUT2D eigenvalue weighted by Gasteiger charge is -2.08. The first-order valence-electron chi connectivity index (χ1n) is 8.98. The molecule has 0 aliphatic heterocycles. The summed E-state index contributed by atoms with van der Waals surface area (Å²) in [5.74, 6) is -0.584. The first-order chi connectivity index (χ1) is 14.3. The normalized spacial score (nSPS) is 13.2. The third kappa shape index (κ3) is 3.98. The standard InChI is InChI=1S/C21H17FN4O3S/c1-30(28,29)17-8-4-15(5-9-17)19-18-13-23-10-11-26(18)20(25-19)21(27)24-12-14-2-6-16(22)7-3-14/h2-11,13H,12H2,1H3,(H-,24,27,28,29). The molecular formula is C21H17FN4O3S. The van der Waals surface area contributed by atoms with Crippen molar-refractivity contribution in [1.29, 1.82) is 0 Å². The number of sulfone groups is 1. The van der Waals surface area contributed by atoms with Crippen molar-refractivity contribution in [3.8, 4) is 11.3 Å². The predicted molar refractivity (Wildman–Crippen MR) is 109 cm³/mol. The number of rotatable bonds is 5. The summed E-state index contributed by atoms with van der Waals surface area (Å²) in [5, 5.41) is 2.78. The van der Waals surface area contributed by atoms with E-state index < -0.39 is 16.1 Å². The molecule has 0 bridgehead atoms. The van der Waals surface area contributed by atoms with Gasteiger partial charge in [0.15, 0.2) is 4.90 Å². The van der Waals surface area contributed by atoms with Gasteiger partial charge >= 0.3 is 0 Å². The number of nitrogens with zero attached hydrogens (tertiary/aromatic N) is 3. The lowest BCUT2D eigenvalue weighted by atomic mass is 10.1. The summed E-state index contributed by atoms with van der Waals surface area (Å²) in [6, 6.07) is 12.1. The maximum Gasteiger partial charge on any atom is 0.287 e. The highest BCUT2D eigenvalue weighted by atomic mass is 32.3. The van der Waals surface area contributed by atoms with Crippen molar-refractivity contribution in [2.75, 3.05) is 6.26 Å². The molecule has 2 heterocycles. The molecule has 30 heavy (non-hydrogen) atoms. The van der Waals surface area contributed by atoms with Crippen LogP contribution in [-0.2, 0) is 21.0 Å². The number of hydrogen-bond donors (Lipinski definition) is 1. The minimum atomic E-state index is -3.31. The van der Waals surface area contributed by atoms with Crippen LogP contribution in [0.5, 0.6) is 0 Å². The van der Waals surface area contributed by atoms with Crippen LogP contribution in [0.3, 0.4) is 0 Å². The van der Waals surface area contributed by atoms with Crippen LogP contribution in [0.1, 0.15) is 16.2 Å². The summed E-state index contributed by atoms with van der Waals surface area (Å²) >= 11 is 0. The molecule has 4 rings (SSSR count). The molecule has 0 saturated carbocycles. The highest BCUT2D eigenvalue weighted by Gasteiger charge is 2.19. The summed E-state index contributed by atoms with van der Waals surface area (Å²) in [6.07, 6.45) is 5.90. The smallest absolute Gasteiger partial charge is 0.287 e. The van der Waals surface area contributed by atoms with E-state index in [4.69, 9.17) is 0 Å². The second kappa shape index (κ2) is 7.77. The summed E-state index contributed by atoms with van der Waals surface area (Å²) in [5.41, 5.74) is 2.53. The van der Waals surface area contributed by atoms with E-state index in [2.05, 4.69) is 15.3 Å². The minimum Gasteiger partial charge on any atom is -0.610 e. The van der Waals surface area contributed by atoms with Gasteiger partial charge in [0, 0.05) is 24.5 Å². The van der Waals surface area contributed by atoms with Gasteiger partial charge < -0.3 is 9.87 Å². The molecule has 0 fully saturated rings. The molecule has 0 radical (unpaired) electrons. The Bertz CT molecular complexity index is 1260. The number of carbonyl (C=O) groups excluding carboxylic acids is 1. The zero-order valence-corrected chi connectivity index (χ0v) is 16.7. The van der Waals surface area contributed by atoms with Crippen LogP contribution in [0, 0.1) is 5.82 Å². The first kappa shape index (κ1) is 19.9. The Balaban J connectivity index is 1.66. The van der Waals surface area contributed by atoms with Gasteiger partial charge in [-0.05, 0) is 42.0 Å². The van der Waals surface area contributed by atoms with Crippen LogP contribution in [-0.4, -0.2) is 31.1 Å². The van der Waals surface area contributed by atoms with Crippen LogP contribution in [0.15, 0.2) is 72.0 Å². The van der Waals surface area contributed by atoms with Gasteiger partial charge in [0.1, 0.15) is 12.1 Å². The van der Waals surface area contributed by atoms with E-state index in [1.54, 1.807) is 47.3 Å². The predicted octanol–water partition coefficient (Wildman–Crippen LogP) is 3.08. The fraction of sp³-hybridized carbons (Fsp3) is 0.0952. The molecule has 2 aromatic heterocycles. The summed E-state index contributed by atoms with van der Waals surface area (Å²) in [7, 11) is -3.31. The molecule has 1 atom stereocenters. The number of fused-ring (bicyclic) bond motifs is 1. The number of carbonyl (C=O) groups is 1. The van der Waals surface area contributed by atoms with Crippen molar-refractivity contribution in [1.82, 2.24) is 19.7 Å². The van der Waals surface area contributed by atoms with Crippen LogP contribution in [0.4, 0.5) is 4.39 Å². The second-order valence-electron chi connectivity index (χ2n) is 6.72. The Kier molecular flexibility index (Phi) is 5.15. The average Bonchev–Trinajstić information content (AvgIpc) is 3.12. The molecule has 2 aromatic carbocycles. The Hall–Kier alpha value is -3.43. The second-order valence-corrected chi connectivity index (χ2v) is 8.74. The lowest BCUT2D eigenvalue weighted by Crippen LogP contribution is -2.25. The van der Waals surface area contributed by atoms with Crippen LogP contribution < -0.4 is 5.32 Å². The highest BCUT2D eigenvalue weighted by molar-refractivity contribution is 7.97. The van der Waals surface area contributed by atoms with Gasteiger partial charge in [-0.1, -0.05) is 12.1 Å². The molecule has 4 aromatic rings. The van der Waals surface area contributed by atoms with E-state index in [0.717, 1.165) is 11.8 Å². The van der Waals surface area contributed by atoms with Crippen molar-refractivity contribution < 1.29 is 17.9 Å². The third-order valence-corrected chi connectivity index (χ3v) is 5.70. The largest absolute Gasteiger partial charge is 0.610 e. The Morgan fingerprint density at radius 3 is 2.53 bits per heavy atom. The van der Waals surface area contributed by atoms with Crippen molar-refractivity contribution >= 4 is 21.6 Å². The minimum absolute atomic E-state index is 0.164. The fourth-order valence-corrected chi connectivity index (χ4v) is 3.66. The van der Waals surface area contributed by atoms with Gasteiger partial charge in [-0.15, -0.1) is 4.21 Å². The average molecular weight is 424 g/mol. The molecule has 1 unspecified atom stereocenters. The molecule has 0 saturated heterocycles. The number of aromatic nitrogens is 3. The Morgan fingerprint density at radius 2 is 1.87 bits per heavy atom. The molecule has 9 heteroatoms. The van der Waals surface area contributed by atoms with Crippen molar-refractivity contribution in [3.05, 3.63) is 84.3 Å². The molecule has 7 nitrogen and oxygen atoms in total. The van der Waals surface area contributed by atoms with Gasteiger partial charge in [-0.25, -0.2) is 9.37 Å². The zero-order valence-electron chi connectivity index (χ0n) is 15.9. The van der Waals surface area contributed by atoms with E-state index in [9.17, 15) is 17.9 Å². The van der Waals surface area contributed by atoms with E-state index in [0.29, 0.717) is 16.8 Å². The third-order valence-electron chi connectivity index (χ3n) is 4.57. The topological polar surface area (TPSA) is 99.4 Å². The van der Waals surface area contributed by atoms with E-state index in [-0.39, 0.29) is 23.1 Å². The maximum atomic E-state index is 13.0. The molecule has 0 aliphatic rings. The van der Waals surface area contributed by atoms with Gasteiger partial charge in [0.2, 0.25) is 5.82 Å². The molecule has 0 aliphatic carbocycles. The van der Waals surface area contributed by atoms with Gasteiger partial charge in [-0.2, -0.15) is 0 Å². The molecule has 0 spiro atoms. The number of benzene rings is 2. The Morgan fingerprint density at radius 1 is 1.17 bits per heavy atom. The van der Waals surface area contributed by atoms with Crippen molar-refractivity contribution in [2.24, 2.45) is 0 Å². The molecular weight excluding hydrogens is 407 g/mol. The lowest BCUT2D eigenvalue weighted by molar-refractivity contribution is 0.0940. The fourth-order valence-electron chi connectivity index (χ4n) is 3.03. The van der Waals surface area contributed by atoms with E-state index in [1.807, 2.05) is 0 Å². The van der Waals surface area contributed by atoms with Crippen LogP contribution in [0.2, 0.25) is 0 Å². The van der Waals surface area contributed by atoms with Crippen molar-refractivity contribution in [3.63, 3.8) is 0 Å². The summed E-state index contributed by atoms with van der Waals surface area (Å²) in [4.78, 5) is 21.5. The van der Waals surface area contributed by atoms with Crippen LogP contribution >= 0.6 is 0 Å². The van der Waals surface area contributed by atoms with Gasteiger partial charge in [0.05, 0.1) is 27.6 Å². The van der Waals surface area contributed by atoms with Crippen LogP contribution in [0.25, 0.3) is 16.8 Å². The number of hydrogen-bond acceptors (Lipinski definition) is 5. The zero-order chi connectivity index (χ0) is 21.3. The summed E-state index contributed by atoms with van der Waals surface area (Å²) < 4.78 is 38.0. The molecule has 152 valence electrons. The number of imidazole rings is 1. The quantitative estimate of drug-likeness (QED) is 0.497. The van der Waals surface area contributed by atoms with Gasteiger partial charge in [-0.3, -0.25) is 14.2 Å². The first-order valence-corrected chi connectivity index (χ1v) is 10.9. The highest BCUT2D eigenvalue weighted by Crippen LogP contribution is 2.26.